The van der Waals surface area contributed by atoms with Crippen molar-refractivity contribution in [3.63, 3.8) is 0 Å². The molecule has 160 valence electrons. The Balaban J connectivity index is 1.25. The van der Waals surface area contributed by atoms with Crippen molar-refractivity contribution in [1.82, 2.24) is 5.43 Å². The Morgan fingerprint density at radius 2 is 1.36 bits per heavy atom. The smallest absolute Gasteiger partial charge is 0.284 e. The van der Waals surface area contributed by atoms with Crippen molar-refractivity contribution in [2.75, 3.05) is 6.61 Å². The SMILES string of the molecule is O=C(N/N=C/c1c2ccccc2cc2ccccc12)[C@H]1COc2cc3ccccc3cc2O1. The van der Waals surface area contributed by atoms with Gasteiger partial charge in [-0.3, -0.25) is 4.79 Å². The van der Waals surface area contributed by atoms with Gasteiger partial charge in [-0.1, -0.05) is 72.8 Å². The maximum Gasteiger partial charge on any atom is 0.284 e. The Hall–Kier alpha value is -4.38. The Morgan fingerprint density at radius 3 is 2.03 bits per heavy atom. The van der Waals surface area contributed by atoms with E-state index in [1.807, 2.05) is 60.7 Å². The molecule has 33 heavy (non-hydrogen) atoms. The predicted octanol–water partition coefficient (Wildman–Crippen LogP) is 5.44. The Bertz CT molecular complexity index is 1500. The normalized spacial score (nSPS) is 15.3. The van der Waals surface area contributed by atoms with E-state index in [1.165, 1.54) is 0 Å². The molecule has 5 aromatic rings. The van der Waals surface area contributed by atoms with Crippen molar-refractivity contribution >= 4 is 44.4 Å². The number of fused-ring (bicyclic) bond motifs is 4. The van der Waals surface area contributed by atoms with Gasteiger partial charge in [0.2, 0.25) is 6.10 Å². The molecular weight excluding hydrogens is 412 g/mol. The van der Waals surface area contributed by atoms with Crippen LogP contribution in [0.2, 0.25) is 0 Å². The lowest BCUT2D eigenvalue weighted by Gasteiger charge is -2.25. The van der Waals surface area contributed by atoms with Crippen molar-refractivity contribution in [2.24, 2.45) is 5.10 Å². The fourth-order valence-corrected chi connectivity index (χ4v) is 4.31. The van der Waals surface area contributed by atoms with Gasteiger partial charge in [0.05, 0.1) is 6.21 Å². The molecule has 0 unspecified atom stereocenters. The van der Waals surface area contributed by atoms with Crippen molar-refractivity contribution in [2.45, 2.75) is 6.10 Å². The molecule has 0 aliphatic carbocycles. The van der Waals surface area contributed by atoms with Crippen LogP contribution >= 0.6 is 0 Å². The summed E-state index contributed by atoms with van der Waals surface area (Å²) < 4.78 is 11.7. The van der Waals surface area contributed by atoms with E-state index < -0.39 is 6.10 Å². The monoisotopic (exact) mass is 432 g/mol. The van der Waals surface area contributed by atoms with Gasteiger partial charge >= 0.3 is 0 Å². The zero-order valence-electron chi connectivity index (χ0n) is 17.7. The number of hydrazone groups is 1. The number of amides is 1. The lowest BCUT2D eigenvalue weighted by Crippen LogP contribution is -2.42. The highest BCUT2D eigenvalue weighted by atomic mass is 16.6. The number of hydrogen-bond acceptors (Lipinski definition) is 4. The topological polar surface area (TPSA) is 59.9 Å². The third-order valence-corrected chi connectivity index (χ3v) is 5.95. The third-order valence-electron chi connectivity index (χ3n) is 5.95. The summed E-state index contributed by atoms with van der Waals surface area (Å²) in [6.45, 7) is 0.129. The van der Waals surface area contributed by atoms with Crippen molar-refractivity contribution in [3.8, 4) is 11.5 Å². The molecule has 1 amide bonds. The summed E-state index contributed by atoms with van der Waals surface area (Å²) in [5, 5.41) is 10.8. The zero-order valence-corrected chi connectivity index (χ0v) is 17.7. The molecule has 0 fully saturated rings. The van der Waals surface area contributed by atoms with Gasteiger partial charge in [-0.15, -0.1) is 0 Å². The number of nitrogens with zero attached hydrogens (tertiary/aromatic N) is 1. The summed E-state index contributed by atoms with van der Waals surface area (Å²) in [7, 11) is 0. The number of hydrogen-bond donors (Lipinski definition) is 1. The van der Waals surface area contributed by atoms with E-state index in [-0.39, 0.29) is 12.5 Å². The Kier molecular flexibility index (Phi) is 4.65. The van der Waals surface area contributed by atoms with E-state index >= 15 is 0 Å². The fraction of sp³-hybridized carbons (Fsp3) is 0.0714. The van der Waals surface area contributed by atoms with Crippen LogP contribution in [0.5, 0.6) is 11.5 Å². The molecule has 1 atom stereocenters. The second-order valence-corrected chi connectivity index (χ2v) is 8.03. The predicted molar refractivity (Wildman–Crippen MR) is 131 cm³/mol. The summed E-state index contributed by atoms with van der Waals surface area (Å²) in [5.74, 6) is 0.849. The number of nitrogens with one attached hydrogen (secondary N) is 1. The highest BCUT2D eigenvalue weighted by molar-refractivity contribution is 6.13. The van der Waals surface area contributed by atoms with Gasteiger partial charge in [0, 0.05) is 5.56 Å². The summed E-state index contributed by atoms with van der Waals surface area (Å²) in [6.07, 6.45) is 0.924. The highest BCUT2D eigenvalue weighted by Gasteiger charge is 2.27. The van der Waals surface area contributed by atoms with Crippen LogP contribution in [-0.2, 0) is 4.79 Å². The molecule has 0 saturated heterocycles. The van der Waals surface area contributed by atoms with Crippen molar-refractivity contribution in [1.29, 1.82) is 0 Å². The van der Waals surface area contributed by atoms with E-state index in [4.69, 9.17) is 9.47 Å². The molecule has 1 aliphatic heterocycles. The third kappa shape index (κ3) is 3.53. The molecule has 0 bridgehead atoms. The number of carbonyl (C=O) groups excluding carboxylic acids is 1. The average Bonchev–Trinajstić information content (AvgIpc) is 2.86. The summed E-state index contributed by atoms with van der Waals surface area (Å²) >= 11 is 0. The van der Waals surface area contributed by atoms with Gasteiger partial charge in [-0.2, -0.15) is 5.10 Å². The molecule has 1 N–H and O–H groups in total. The van der Waals surface area contributed by atoms with Crippen LogP contribution in [0, 0.1) is 0 Å². The first kappa shape index (κ1) is 19.3. The zero-order chi connectivity index (χ0) is 22.2. The highest BCUT2D eigenvalue weighted by Crippen LogP contribution is 2.36. The van der Waals surface area contributed by atoms with Gasteiger partial charge in [0.15, 0.2) is 11.5 Å². The van der Waals surface area contributed by atoms with Gasteiger partial charge in [0.1, 0.15) is 6.61 Å². The van der Waals surface area contributed by atoms with Crippen LogP contribution in [0.25, 0.3) is 32.3 Å². The van der Waals surface area contributed by atoms with Crippen LogP contribution in [-0.4, -0.2) is 24.8 Å². The van der Waals surface area contributed by atoms with Gasteiger partial charge in [-0.25, -0.2) is 5.43 Å². The molecule has 0 radical (unpaired) electrons. The first-order valence-electron chi connectivity index (χ1n) is 10.8. The summed E-state index contributed by atoms with van der Waals surface area (Å²) in [6, 6.07) is 30.3. The number of carbonyl (C=O) groups is 1. The van der Waals surface area contributed by atoms with E-state index in [9.17, 15) is 4.79 Å². The van der Waals surface area contributed by atoms with Crippen LogP contribution in [0.1, 0.15) is 5.56 Å². The van der Waals surface area contributed by atoms with E-state index in [0.717, 1.165) is 37.9 Å². The van der Waals surface area contributed by atoms with Crippen LogP contribution in [0.15, 0.2) is 96.1 Å². The first-order valence-corrected chi connectivity index (χ1v) is 10.8. The van der Waals surface area contributed by atoms with E-state index in [1.54, 1.807) is 6.21 Å². The molecule has 6 rings (SSSR count). The number of ether oxygens (including phenoxy) is 2. The standard InChI is InChI=1S/C28H20N2O3/c31-28(27-17-32-25-14-18-7-1-2-8-19(18)15-26(25)33-27)30-29-16-24-22-11-5-3-9-20(22)13-21-10-4-6-12-23(21)24/h1-16,27H,17H2,(H,30,31)/b29-16+/t27-/m1/s1. The molecule has 1 aliphatic rings. The lowest BCUT2D eigenvalue weighted by atomic mass is 9.97. The molecule has 0 spiro atoms. The van der Waals surface area contributed by atoms with Gasteiger partial charge < -0.3 is 9.47 Å². The Morgan fingerprint density at radius 1 is 0.788 bits per heavy atom. The average molecular weight is 432 g/mol. The largest absolute Gasteiger partial charge is 0.485 e. The second-order valence-electron chi connectivity index (χ2n) is 8.03. The minimum Gasteiger partial charge on any atom is -0.485 e. The van der Waals surface area contributed by atoms with Crippen molar-refractivity contribution in [3.05, 3.63) is 96.6 Å². The molecule has 5 heteroatoms. The molecular formula is C28H20N2O3. The van der Waals surface area contributed by atoms with Gasteiger partial charge in [-0.05, 0) is 50.5 Å². The lowest BCUT2D eigenvalue weighted by molar-refractivity contribution is -0.130. The summed E-state index contributed by atoms with van der Waals surface area (Å²) in [4.78, 5) is 12.8. The quantitative estimate of drug-likeness (QED) is 0.235. The van der Waals surface area contributed by atoms with Gasteiger partial charge in [0.25, 0.3) is 5.91 Å². The van der Waals surface area contributed by atoms with Crippen LogP contribution < -0.4 is 14.9 Å². The number of benzene rings is 5. The number of rotatable bonds is 3. The first-order chi connectivity index (χ1) is 16.3. The molecule has 0 aromatic heterocycles. The molecule has 5 nitrogen and oxygen atoms in total. The molecule has 0 saturated carbocycles. The van der Waals surface area contributed by atoms with E-state index in [0.29, 0.717) is 11.5 Å². The maximum atomic E-state index is 12.8. The minimum absolute atomic E-state index is 0.129. The minimum atomic E-state index is -0.778. The summed E-state index contributed by atoms with van der Waals surface area (Å²) in [5.41, 5.74) is 3.58. The fourth-order valence-electron chi connectivity index (χ4n) is 4.31. The molecule has 5 aromatic carbocycles. The van der Waals surface area contributed by atoms with E-state index in [2.05, 4.69) is 40.9 Å². The Labute approximate surface area is 190 Å². The van der Waals surface area contributed by atoms with Crippen LogP contribution in [0.3, 0.4) is 0 Å². The van der Waals surface area contributed by atoms with Crippen molar-refractivity contribution < 1.29 is 14.3 Å². The second kappa shape index (κ2) is 7.95. The molecule has 1 heterocycles. The maximum absolute atomic E-state index is 12.8. The van der Waals surface area contributed by atoms with Crippen LogP contribution in [0.4, 0.5) is 0 Å².